The molecule has 0 aliphatic heterocycles. The minimum Gasteiger partial charge on any atom is -0.408 e. The van der Waals surface area contributed by atoms with Crippen LogP contribution in [-0.4, -0.2) is 20.7 Å². The Balaban J connectivity index is 0. The molecule has 4 heteroatoms. The summed E-state index contributed by atoms with van der Waals surface area (Å²) in [6.07, 6.45) is 0.603. The fourth-order valence-electron chi connectivity index (χ4n) is 0.669. The van der Waals surface area contributed by atoms with E-state index in [4.69, 9.17) is 4.43 Å². The molecule has 0 bridgehead atoms. The predicted molar refractivity (Wildman–Crippen MR) is 64.2 cm³/mol. The lowest BCUT2D eigenvalue weighted by Crippen LogP contribution is -2.43. The molecule has 0 aromatic carbocycles. The Morgan fingerprint density at radius 2 is 1.69 bits per heavy atom. The third-order valence-corrected chi connectivity index (χ3v) is 7.05. The van der Waals surface area contributed by atoms with Crippen molar-refractivity contribution in [2.24, 2.45) is 0 Å². The van der Waals surface area contributed by atoms with Crippen LogP contribution in [0.3, 0.4) is 0 Å². The van der Waals surface area contributed by atoms with Gasteiger partial charge >= 0.3 is 0 Å². The summed E-state index contributed by atoms with van der Waals surface area (Å²) in [5, 5.41) is 0.185. The molecule has 0 aromatic heterocycles. The monoisotopic (exact) mass is 222 g/mol. The molecule has 0 unspecified atom stereocenters. The first-order chi connectivity index (χ1) is 5.20. The number of rotatable bonds is 3. The molecule has 0 rings (SSSR count). The van der Waals surface area contributed by atoms with Gasteiger partial charge < -0.3 is 9.22 Å². The fraction of sp³-hybridized carbons (Fsp3) is 0.889. The second kappa shape index (κ2) is 5.17. The van der Waals surface area contributed by atoms with Crippen LogP contribution in [-0.2, 0) is 9.22 Å². The summed E-state index contributed by atoms with van der Waals surface area (Å²) in [7, 11) is -1.72. The van der Waals surface area contributed by atoms with Crippen molar-refractivity contribution in [2.75, 3.05) is 0 Å². The van der Waals surface area contributed by atoms with Crippen molar-refractivity contribution >= 4 is 28.1 Å². The zero-order valence-electron chi connectivity index (χ0n) is 9.47. The zero-order chi connectivity index (χ0) is 9.99. The number of aldehydes is 1. The normalized spacial score (nSPS) is 14.6. The highest BCUT2D eigenvalue weighted by molar-refractivity contribution is 7.59. The van der Waals surface area contributed by atoms with Crippen LogP contribution in [0.2, 0.25) is 18.1 Å². The van der Waals surface area contributed by atoms with Crippen LogP contribution in [0.25, 0.3) is 0 Å². The first-order valence-corrected chi connectivity index (χ1v) is 7.24. The van der Waals surface area contributed by atoms with E-state index in [-0.39, 0.29) is 24.6 Å². The summed E-state index contributed by atoms with van der Waals surface area (Å²) in [6.45, 7) is 12.6. The quantitative estimate of drug-likeness (QED) is 0.542. The number of hydrogen-bond donors (Lipinski definition) is 0. The molecule has 0 amide bonds. The maximum Gasteiger partial charge on any atom is 0.193 e. The van der Waals surface area contributed by atoms with Gasteiger partial charge in [0.05, 0.1) is 6.10 Å². The van der Waals surface area contributed by atoms with Crippen molar-refractivity contribution in [3.05, 3.63) is 0 Å². The first-order valence-electron chi connectivity index (χ1n) is 4.34. The Labute approximate surface area is 89.6 Å². The largest absolute Gasteiger partial charge is 0.408 e. The van der Waals surface area contributed by atoms with E-state index in [9.17, 15) is 4.79 Å². The van der Waals surface area contributed by atoms with Crippen LogP contribution in [0.15, 0.2) is 0 Å². The summed E-state index contributed by atoms with van der Waals surface area (Å²) in [4.78, 5) is 10.4. The molecule has 0 fully saturated rings. The molecule has 0 spiro atoms. The van der Waals surface area contributed by atoms with Crippen molar-refractivity contribution in [3.63, 3.8) is 0 Å². The van der Waals surface area contributed by atoms with E-state index in [0.29, 0.717) is 0 Å². The summed E-state index contributed by atoms with van der Waals surface area (Å²) in [6, 6.07) is 0. The van der Waals surface area contributed by atoms with Crippen molar-refractivity contribution in [3.8, 4) is 0 Å². The lowest BCUT2D eigenvalue weighted by atomic mass is 10.2. The standard InChI is InChI=1S/C9H20O2Si.H2S/c1-8(7-10)11-12(5,6)9(2,3)4;/h7-8H,1-6H3;1H2/t8-;/m0./s1. The molecule has 0 aromatic rings. The van der Waals surface area contributed by atoms with Gasteiger partial charge in [-0.1, -0.05) is 20.8 Å². The van der Waals surface area contributed by atoms with Gasteiger partial charge in [0.1, 0.15) is 6.29 Å². The van der Waals surface area contributed by atoms with Gasteiger partial charge in [-0.15, -0.1) is 0 Å². The molecular weight excluding hydrogens is 200 g/mol. The molecule has 0 heterocycles. The van der Waals surface area contributed by atoms with Crippen LogP contribution in [0.4, 0.5) is 0 Å². The minimum absolute atomic E-state index is 0. The van der Waals surface area contributed by atoms with Crippen LogP contribution in [0.1, 0.15) is 27.7 Å². The van der Waals surface area contributed by atoms with E-state index >= 15 is 0 Å². The first kappa shape index (κ1) is 15.7. The highest BCUT2D eigenvalue weighted by Crippen LogP contribution is 2.36. The predicted octanol–water partition coefficient (Wildman–Crippen LogP) is 2.71. The number of carbonyl (C=O) groups excluding carboxylic acids is 1. The molecule has 13 heavy (non-hydrogen) atoms. The van der Waals surface area contributed by atoms with Crippen LogP contribution >= 0.6 is 13.5 Å². The third kappa shape index (κ3) is 4.83. The second-order valence-electron chi connectivity index (χ2n) is 4.72. The van der Waals surface area contributed by atoms with Crippen molar-refractivity contribution in [2.45, 2.75) is 51.9 Å². The average Bonchev–Trinajstić information content (AvgIpc) is 1.84. The maximum atomic E-state index is 10.4. The molecule has 0 saturated carbocycles. The molecule has 1 atom stereocenters. The van der Waals surface area contributed by atoms with E-state index in [1.165, 1.54) is 0 Å². The summed E-state index contributed by atoms with van der Waals surface area (Å²) < 4.78 is 5.72. The number of carbonyl (C=O) groups is 1. The van der Waals surface area contributed by atoms with Crippen LogP contribution < -0.4 is 0 Å². The Kier molecular flexibility index (Phi) is 6.23. The molecule has 0 aliphatic rings. The maximum absolute atomic E-state index is 10.4. The van der Waals surface area contributed by atoms with Gasteiger partial charge in [-0.3, -0.25) is 0 Å². The molecule has 0 N–H and O–H groups in total. The molecule has 0 saturated heterocycles. The SMILES string of the molecule is C[C@@H](C=O)O[Si](C)(C)C(C)(C)C.S. The average molecular weight is 222 g/mol. The Morgan fingerprint density at radius 3 is 1.92 bits per heavy atom. The van der Waals surface area contributed by atoms with Crippen molar-refractivity contribution < 1.29 is 9.22 Å². The summed E-state index contributed by atoms with van der Waals surface area (Å²) >= 11 is 0. The van der Waals surface area contributed by atoms with E-state index in [2.05, 4.69) is 33.9 Å². The number of hydrogen-bond acceptors (Lipinski definition) is 2. The van der Waals surface area contributed by atoms with E-state index in [0.717, 1.165) is 6.29 Å². The van der Waals surface area contributed by atoms with Gasteiger partial charge in [-0.25, -0.2) is 0 Å². The van der Waals surface area contributed by atoms with E-state index in [1.54, 1.807) is 6.92 Å². The van der Waals surface area contributed by atoms with Gasteiger partial charge in [0.15, 0.2) is 8.32 Å². The Morgan fingerprint density at radius 1 is 1.31 bits per heavy atom. The summed E-state index contributed by atoms with van der Waals surface area (Å²) in [5.41, 5.74) is 0. The lowest BCUT2D eigenvalue weighted by Gasteiger charge is -2.37. The minimum atomic E-state index is -1.72. The third-order valence-electron chi connectivity index (χ3n) is 2.48. The summed E-state index contributed by atoms with van der Waals surface area (Å²) in [5.74, 6) is 0. The fourth-order valence-corrected chi connectivity index (χ4v) is 2.01. The highest BCUT2D eigenvalue weighted by Gasteiger charge is 2.38. The smallest absolute Gasteiger partial charge is 0.193 e. The molecule has 2 nitrogen and oxygen atoms in total. The van der Waals surface area contributed by atoms with Gasteiger partial charge in [-0.2, -0.15) is 13.5 Å². The molecule has 80 valence electrons. The molecular formula is C9H22O2SSi. The van der Waals surface area contributed by atoms with Gasteiger partial charge in [0, 0.05) is 0 Å². The lowest BCUT2D eigenvalue weighted by molar-refractivity contribution is -0.113. The zero-order valence-corrected chi connectivity index (χ0v) is 11.5. The van der Waals surface area contributed by atoms with Crippen LogP contribution in [0.5, 0.6) is 0 Å². The Hall–Kier alpha value is 0.197. The molecule has 0 radical (unpaired) electrons. The van der Waals surface area contributed by atoms with E-state index < -0.39 is 8.32 Å². The van der Waals surface area contributed by atoms with Crippen molar-refractivity contribution in [1.82, 2.24) is 0 Å². The van der Waals surface area contributed by atoms with Gasteiger partial charge in [0.2, 0.25) is 0 Å². The van der Waals surface area contributed by atoms with Crippen molar-refractivity contribution in [1.29, 1.82) is 0 Å². The Bertz CT molecular complexity index is 163. The highest BCUT2D eigenvalue weighted by atomic mass is 32.1. The van der Waals surface area contributed by atoms with Gasteiger partial charge in [0.25, 0.3) is 0 Å². The van der Waals surface area contributed by atoms with E-state index in [1.807, 2.05) is 0 Å². The topological polar surface area (TPSA) is 26.3 Å². The van der Waals surface area contributed by atoms with Crippen LogP contribution in [0, 0.1) is 0 Å². The second-order valence-corrected chi connectivity index (χ2v) is 9.48. The molecule has 0 aliphatic carbocycles. The van der Waals surface area contributed by atoms with Gasteiger partial charge in [-0.05, 0) is 25.1 Å².